The van der Waals surface area contributed by atoms with E-state index in [-0.39, 0.29) is 24.2 Å². The number of nitrogens with zero attached hydrogens (tertiary/aromatic N) is 1. The fraction of sp³-hybridized carbons (Fsp3) is 0.900. The van der Waals surface area contributed by atoms with Gasteiger partial charge in [-0.2, -0.15) is 4.31 Å². The van der Waals surface area contributed by atoms with E-state index in [9.17, 15) is 13.2 Å². The minimum atomic E-state index is -3.24. The lowest BCUT2D eigenvalue weighted by atomic mass is 9.87. The highest BCUT2D eigenvalue weighted by Crippen LogP contribution is 2.28. The zero-order valence-electron chi connectivity index (χ0n) is 9.48. The topological polar surface area (TPSA) is 66.5 Å². The Morgan fingerprint density at radius 1 is 1.44 bits per heavy atom. The van der Waals surface area contributed by atoms with Crippen LogP contribution in [0.25, 0.3) is 0 Å². The van der Waals surface area contributed by atoms with Crippen molar-refractivity contribution in [2.24, 2.45) is 5.92 Å². The molecule has 2 rings (SSSR count). The Kier molecular flexibility index (Phi) is 3.21. The summed E-state index contributed by atoms with van der Waals surface area (Å²) in [5.41, 5.74) is 0. The summed E-state index contributed by atoms with van der Waals surface area (Å²) in [7, 11) is -3.24. The standard InChI is InChI=1S/C10H18N2O3S/c1-8-5-12(6-10(13)11-8)16(14,15)7-9-3-2-4-9/h8-9H,2-7H2,1H3,(H,11,13). The number of carbonyl (C=O) groups excluding carboxylic acids is 1. The van der Waals surface area contributed by atoms with Crippen LogP contribution in [0, 0.1) is 5.92 Å². The van der Waals surface area contributed by atoms with Crippen LogP contribution in [-0.2, 0) is 14.8 Å². The van der Waals surface area contributed by atoms with Crippen molar-refractivity contribution in [1.29, 1.82) is 0 Å². The van der Waals surface area contributed by atoms with Gasteiger partial charge < -0.3 is 5.32 Å². The Morgan fingerprint density at radius 2 is 2.12 bits per heavy atom. The first kappa shape index (κ1) is 11.9. The van der Waals surface area contributed by atoms with Crippen molar-refractivity contribution >= 4 is 15.9 Å². The van der Waals surface area contributed by atoms with Gasteiger partial charge in [0, 0.05) is 12.6 Å². The highest BCUT2D eigenvalue weighted by atomic mass is 32.2. The summed E-state index contributed by atoms with van der Waals surface area (Å²) < 4.78 is 25.4. The molecule has 0 radical (unpaired) electrons. The van der Waals surface area contributed by atoms with E-state index in [0.29, 0.717) is 12.5 Å². The molecule has 1 saturated heterocycles. The number of nitrogens with one attached hydrogen (secondary N) is 1. The van der Waals surface area contributed by atoms with Crippen LogP contribution in [0.5, 0.6) is 0 Å². The molecule has 1 amide bonds. The molecule has 1 heterocycles. The molecular formula is C10H18N2O3S. The molecular weight excluding hydrogens is 228 g/mol. The minimum Gasteiger partial charge on any atom is -0.351 e. The van der Waals surface area contributed by atoms with Crippen LogP contribution in [0.3, 0.4) is 0 Å². The fourth-order valence-corrected chi connectivity index (χ4v) is 4.08. The number of rotatable bonds is 3. The molecule has 1 atom stereocenters. The molecule has 6 heteroatoms. The van der Waals surface area contributed by atoms with Crippen LogP contribution < -0.4 is 5.32 Å². The second-order valence-corrected chi connectivity index (χ2v) is 6.85. The van der Waals surface area contributed by atoms with Crippen molar-refractivity contribution in [2.45, 2.75) is 32.2 Å². The van der Waals surface area contributed by atoms with Crippen molar-refractivity contribution in [3.8, 4) is 0 Å². The van der Waals surface area contributed by atoms with Gasteiger partial charge in [0.1, 0.15) is 0 Å². The second-order valence-electron chi connectivity index (χ2n) is 4.84. The van der Waals surface area contributed by atoms with Crippen molar-refractivity contribution in [2.75, 3.05) is 18.8 Å². The average Bonchev–Trinajstić information content (AvgIpc) is 2.10. The Labute approximate surface area is 96.2 Å². The van der Waals surface area contributed by atoms with Gasteiger partial charge >= 0.3 is 0 Å². The van der Waals surface area contributed by atoms with Crippen LogP contribution >= 0.6 is 0 Å². The lowest BCUT2D eigenvalue weighted by Gasteiger charge is -2.33. The van der Waals surface area contributed by atoms with Gasteiger partial charge in [-0.15, -0.1) is 0 Å². The predicted octanol–water partition coefficient (Wildman–Crippen LogP) is -0.0634. The molecule has 0 aromatic carbocycles. The molecule has 5 nitrogen and oxygen atoms in total. The van der Waals surface area contributed by atoms with E-state index < -0.39 is 10.0 Å². The van der Waals surface area contributed by atoms with Crippen molar-refractivity contribution in [3.05, 3.63) is 0 Å². The predicted molar refractivity (Wildman–Crippen MR) is 60.3 cm³/mol. The van der Waals surface area contributed by atoms with E-state index in [1.807, 2.05) is 6.92 Å². The van der Waals surface area contributed by atoms with Gasteiger partial charge in [-0.3, -0.25) is 4.79 Å². The zero-order chi connectivity index (χ0) is 11.8. The van der Waals surface area contributed by atoms with Gasteiger partial charge in [-0.25, -0.2) is 8.42 Å². The molecule has 0 aromatic rings. The number of piperazine rings is 1. The average molecular weight is 246 g/mol. The van der Waals surface area contributed by atoms with Gasteiger partial charge in [0.25, 0.3) is 0 Å². The Morgan fingerprint density at radius 3 is 2.62 bits per heavy atom. The van der Waals surface area contributed by atoms with E-state index in [2.05, 4.69) is 5.32 Å². The minimum absolute atomic E-state index is 0.0145. The third-order valence-corrected chi connectivity index (χ3v) is 5.23. The quantitative estimate of drug-likeness (QED) is 0.758. The first-order valence-electron chi connectivity index (χ1n) is 5.74. The largest absolute Gasteiger partial charge is 0.351 e. The number of hydrogen-bond donors (Lipinski definition) is 1. The summed E-state index contributed by atoms with van der Waals surface area (Å²) in [5.74, 6) is 0.328. The number of carbonyl (C=O) groups is 1. The third-order valence-electron chi connectivity index (χ3n) is 3.27. The molecule has 92 valence electrons. The lowest BCUT2D eigenvalue weighted by Crippen LogP contribution is -2.55. The second kappa shape index (κ2) is 4.33. The van der Waals surface area contributed by atoms with Crippen LogP contribution in [0.15, 0.2) is 0 Å². The molecule has 2 aliphatic rings. The van der Waals surface area contributed by atoms with E-state index in [4.69, 9.17) is 0 Å². The van der Waals surface area contributed by atoms with Crippen molar-refractivity contribution in [3.63, 3.8) is 0 Å². The first-order chi connectivity index (χ1) is 7.47. The monoisotopic (exact) mass is 246 g/mol. The van der Waals surface area contributed by atoms with E-state index in [1.54, 1.807) is 0 Å². The molecule has 0 aromatic heterocycles. The normalized spacial score (nSPS) is 28.6. The summed E-state index contributed by atoms with van der Waals surface area (Å²) in [4.78, 5) is 11.3. The maximum atomic E-state index is 12.0. The van der Waals surface area contributed by atoms with E-state index in [1.165, 1.54) is 4.31 Å². The van der Waals surface area contributed by atoms with Gasteiger partial charge in [0.2, 0.25) is 15.9 Å². The summed E-state index contributed by atoms with van der Waals surface area (Å²) in [6, 6.07) is -0.0857. The molecule has 0 bridgehead atoms. The SMILES string of the molecule is CC1CN(S(=O)(=O)CC2CCC2)CC(=O)N1. The number of amides is 1. The summed E-state index contributed by atoms with van der Waals surface area (Å²) >= 11 is 0. The molecule has 1 unspecified atom stereocenters. The molecule has 2 fully saturated rings. The fourth-order valence-electron chi connectivity index (χ4n) is 2.17. The van der Waals surface area contributed by atoms with Gasteiger partial charge in [-0.05, 0) is 25.7 Å². The van der Waals surface area contributed by atoms with Gasteiger partial charge in [0.15, 0.2) is 0 Å². The lowest BCUT2D eigenvalue weighted by molar-refractivity contribution is -0.123. The van der Waals surface area contributed by atoms with Crippen LogP contribution in [0.2, 0.25) is 0 Å². The molecule has 1 aliphatic heterocycles. The third kappa shape index (κ3) is 2.55. The Hall–Kier alpha value is -0.620. The van der Waals surface area contributed by atoms with Crippen LogP contribution in [0.4, 0.5) is 0 Å². The maximum Gasteiger partial charge on any atom is 0.235 e. The van der Waals surface area contributed by atoms with Crippen LogP contribution in [0.1, 0.15) is 26.2 Å². The Bertz CT molecular complexity index is 376. The van der Waals surface area contributed by atoms with Crippen molar-refractivity contribution in [1.82, 2.24) is 9.62 Å². The summed E-state index contributed by atoms with van der Waals surface area (Å²) in [6.45, 7) is 2.21. The van der Waals surface area contributed by atoms with Gasteiger partial charge in [-0.1, -0.05) is 6.42 Å². The molecule has 1 aliphatic carbocycles. The van der Waals surface area contributed by atoms with Crippen LogP contribution in [-0.4, -0.2) is 43.5 Å². The van der Waals surface area contributed by atoms with E-state index in [0.717, 1.165) is 19.3 Å². The summed E-state index contributed by atoms with van der Waals surface area (Å²) in [6.07, 6.45) is 3.15. The molecule has 16 heavy (non-hydrogen) atoms. The highest BCUT2D eigenvalue weighted by Gasteiger charge is 2.33. The van der Waals surface area contributed by atoms with Gasteiger partial charge in [0.05, 0.1) is 12.3 Å². The highest BCUT2D eigenvalue weighted by molar-refractivity contribution is 7.89. The Balaban J connectivity index is 2.01. The van der Waals surface area contributed by atoms with E-state index >= 15 is 0 Å². The molecule has 1 saturated carbocycles. The molecule has 0 spiro atoms. The maximum absolute atomic E-state index is 12.0. The zero-order valence-corrected chi connectivity index (χ0v) is 10.3. The molecule has 1 N–H and O–H groups in total. The number of sulfonamides is 1. The smallest absolute Gasteiger partial charge is 0.235 e. The number of hydrogen-bond acceptors (Lipinski definition) is 3. The first-order valence-corrected chi connectivity index (χ1v) is 7.35. The van der Waals surface area contributed by atoms with Crippen molar-refractivity contribution < 1.29 is 13.2 Å². The summed E-state index contributed by atoms with van der Waals surface area (Å²) in [5, 5.41) is 2.72.